The maximum atomic E-state index is 5.68. The van der Waals surface area contributed by atoms with Crippen LogP contribution in [-0.4, -0.2) is 24.7 Å². The minimum Gasteiger partial charge on any atom is -0.490 e. The van der Waals surface area contributed by atoms with Gasteiger partial charge in [0, 0.05) is 18.4 Å². The van der Waals surface area contributed by atoms with Crippen LogP contribution in [0.15, 0.2) is 29.0 Å². The van der Waals surface area contributed by atoms with E-state index in [0.29, 0.717) is 26.2 Å². The summed E-state index contributed by atoms with van der Waals surface area (Å²) in [4.78, 5) is 4.26. The van der Waals surface area contributed by atoms with Gasteiger partial charge in [-0.15, -0.1) is 0 Å². The van der Waals surface area contributed by atoms with E-state index in [1.807, 2.05) is 18.2 Å². The van der Waals surface area contributed by atoms with Crippen molar-refractivity contribution < 1.29 is 13.9 Å². The molecule has 1 aliphatic rings. The Balaban J connectivity index is 1.97. The Bertz CT molecular complexity index is 566. The first-order valence-corrected chi connectivity index (χ1v) is 6.41. The molecule has 0 saturated carbocycles. The fourth-order valence-corrected chi connectivity index (χ4v) is 2.13. The van der Waals surface area contributed by atoms with Crippen LogP contribution in [0.3, 0.4) is 0 Å². The van der Waals surface area contributed by atoms with Gasteiger partial charge in [0.15, 0.2) is 17.9 Å². The van der Waals surface area contributed by atoms with Gasteiger partial charge in [0.1, 0.15) is 11.5 Å². The van der Waals surface area contributed by atoms with Gasteiger partial charge in [0.2, 0.25) is 0 Å². The van der Waals surface area contributed by atoms with E-state index in [0.717, 1.165) is 34.9 Å². The van der Waals surface area contributed by atoms with E-state index < -0.39 is 0 Å². The Hall–Kier alpha value is -2.01. The molecule has 19 heavy (non-hydrogen) atoms. The maximum Gasteiger partial charge on any atom is 0.181 e. The largest absolute Gasteiger partial charge is 0.490 e. The lowest BCUT2D eigenvalue weighted by Gasteiger charge is -2.08. The number of nitrogens with zero attached hydrogens (tertiary/aromatic N) is 1. The monoisotopic (exact) mass is 260 g/mol. The van der Waals surface area contributed by atoms with Gasteiger partial charge < -0.3 is 19.6 Å². The molecule has 0 spiro atoms. The molecule has 0 radical (unpaired) electrons. The highest BCUT2D eigenvalue weighted by Gasteiger charge is 2.15. The second-order valence-corrected chi connectivity index (χ2v) is 4.37. The molecule has 3 rings (SSSR count). The van der Waals surface area contributed by atoms with E-state index in [9.17, 15) is 0 Å². The molecular weight excluding hydrogens is 244 g/mol. The smallest absolute Gasteiger partial charge is 0.181 e. The van der Waals surface area contributed by atoms with Crippen molar-refractivity contribution in [2.75, 3.05) is 19.8 Å². The zero-order valence-corrected chi connectivity index (χ0v) is 10.6. The number of nitrogens with two attached hydrogens (primary N) is 1. The first-order valence-electron chi connectivity index (χ1n) is 6.41. The van der Waals surface area contributed by atoms with Crippen LogP contribution in [0.1, 0.15) is 12.2 Å². The van der Waals surface area contributed by atoms with Crippen LogP contribution in [0.2, 0.25) is 0 Å². The Morgan fingerprint density at radius 2 is 2.00 bits per heavy atom. The molecule has 0 aliphatic carbocycles. The van der Waals surface area contributed by atoms with E-state index in [1.54, 1.807) is 0 Å². The predicted molar refractivity (Wildman–Crippen MR) is 70.3 cm³/mol. The topological polar surface area (TPSA) is 70.5 Å². The van der Waals surface area contributed by atoms with Crippen molar-refractivity contribution in [3.8, 4) is 22.8 Å². The van der Waals surface area contributed by atoms with Crippen LogP contribution < -0.4 is 15.2 Å². The number of oxazole rings is 1. The lowest BCUT2D eigenvalue weighted by atomic mass is 10.1. The van der Waals surface area contributed by atoms with Crippen molar-refractivity contribution in [1.29, 1.82) is 0 Å². The SMILES string of the molecule is NCCc1ocnc1-c1ccc2c(c1)OCCCO2. The molecule has 2 heterocycles. The van der Waals surface area contributed by atoms with E-state index in [2.05, 4.69) is 4.98 Å². The molecule has 100 valence electrons. The molecule has 0 bridgehead atoms. The summed E-state index contributed by atoms with van der Waals surface area (Å²) in [6.45, 7) is 1.90. The predicted octanol–water partition coefficient (Wildman–Crippen LogP) is 2.00. The molecule has 0 unspecified atom stereocenters. The molecule has 1 aliphatic heterocycles. The highest BCUT2D eigenvalue weighted by Crippen LogP contribution is 2.34. The summed E-state index contributed by atoms with van der Waals surface area (Å²) < 4.78 is 16.7. The quantitative estimate of drug-likeness (QED) is 0.914. The third-order valence-electron chi connectivity index (χ3n) is 3.03. The molecule has 1 aromatic heterocycles. The van der Waals surface area contributed by atoms with Gasteiger partial charge in [-0.25, -0.2) is 4.98 Å². The van der Waals surface area contributed by atoms with Gasteiger partial charge in [-0.05, 0) is 24.7 Å². The zero-order valence-electron chi connectivity index (χ0n) is 10.6. The van der Waals surface area contributed by atoms with Crippen LogP contribution in [0.4, 0.5) is 0 Å². The van der Waals surface area contributed by atoms with Crippen LogP contribution in [0.5, 0.6) is 11.5 Å². The second-order valence-electron chi connectivity index (χ2n) is 4.37. The van der Waals surface area contributed by atoms with Crippen LogP contribution in [-0.2, 0) is 6.42 Å². The second kappa shape index (κ2) is 5.32. The normalized spacial score (nSPS) is 14.2. The molecule has 1 aromatic carbocycles. The number of hydrogen-bond donors (Lipinski definition) is 1. The van der Waals surface area contributed by atoms with Gasteiger partial charge in [-0.3, -0.25) is 0 Å². The number of hydrogen-bond acceptors (Lipinski definition) is 5. The van der Waals surface area contributed by atoms with E-state index in [4.69, 9.17) is 19.6 Å². The zero-order chi connectivity index (χ0) is 13.1. The molecule has 5 heteroatoms. The Morgan fingerprint density at radius 3 is 2.84 bits per heavy atom. The molecule has 0 fully saturated rings. The molecule has 2 N–H and O–H groups in total. The standard InChI is InChI=1S/C14H16N2O3/c15-5-4-12-14(16-9-19-12)10-2-3-11-13(8-10)18-7-1-6-17-11/h2-3,8-9H,1,4-7,15H2. The van der Waals surface area contributed by atoms with Crippen molar-refractivity contribution in [3.05, 3.63) is 30.4 Å². The number of fused-ring (bicyclic) bond motifs is 1. The Kier molecular flexibility index (Phi) is 3.37. The van der Waals surface area contributed by atoms with Crippen molar-refractivity contribution in [2.24, 2.45) is 5.73 Å². The first-order chi connectivity index (χ1) is 9.38. The lowest BCUT2D eigenvalue weighted by Crippen LogP contribution is -2.03. The van der Waals surface area contributed by atoms with Gasteiger partial charge in [-0.1, -0.05) is 0 Å². The summed E-state index contributed by atoms with van der Waals surface area (Å²) in [5, 5.41) is 0. The number of ether oxygens (including phenoxy) is 2. The highest BCUT2D eigenvalue weighted by atomic mass is 16.5. The summed E-state index contributed by atoms with van der Waals surface area (Å²) >= 11 is 0. The Labute approximate surface area is 111 Å². The van der Waals surface area contributed by atoms with Gasteiger partial charge in [0.05, 0.1) is 13.2 Å². The average molecular weight is 260 g/mol. The van der Waals surface area contributed by atoms with Gasteiger partial charge >= 0.3 is 0 Å². The van der Waals surface area contributed by atoms with E-state index >= 15 is 0 Å². The molecule has 5 nitrogen and oxygen atoms in total. The summed E-state index contributed by atoms with van der Waals surface area (Å²) in [5.74, 6) is 2.35. The van der Waals surface area contributed by atoms with Gasteiger partial charge in [-0.2, -0.15) is 0 Å². The fraction of sp³-hybridized carbons (Fsp3) is 0.357. The lowest BCUT2D eigenvalue weighted by molar-refractivity contribution is 0.297. The number of rotatable bonds is 3. The minimum atomic E-state index is 0.534. The fourth-order valence-electron chi connectivity index (χ4n) is 2.13. The number of aromatic nitrogens is 1. The molecule has 2 aromatic rings. The van der Waals surface area contributed by atoms with Crippen LogP contribution >= 0.6 is 0 Å². The summed E-state index contributed by atoms with van der Waals surface area (Å²) in [6.07, 6.45) is 3.01. The molecule has 0 saturated heterocycles. The molecule has 0 amide bonds. The van der Waals surface area contributed by atoms with Crippen molar-refractivity contribution in [2.45, 2.75) is 12.8 Å². The third kappa shape index (κ3) is 2.42. The van der Waals surface area contributed by atoms with Crippen molar-refractivity contribution in [1.82, 2.24) is 4.98 Å². The van der Waals surface area contributed by atoms with Crippen LogP contribution in [0.25, 0.3) is 11.3 Å². The third-order valence-corrected chi connectivity index (χ3v) is 3.03. The summed E-state index contributed by atoms with van der Waals surface area (Å²) in [7, 11) is 0. The van der Waals surface area contributed by atoms with E-state index in [-0.39, 0.29) is 0 Å². The van der Waals surface area contributed by atoms with Crippen molar-refractivity contribution >= 4 is 0 Å². The molecule has 0 atom stereocenters. The molecular formula is C14H16N2O3. The number of benzene rings is 1. The minimum absolute atomic E-state index is 0.534. The maximum absolute atomic E-state index is 5.68. The van der Waals surface area contributed by atoms with Crippen molar-refractivity contribution in [3.63, 3.8) is 0 Å². The van der Waals surface area contributed by atoms with Crippen LogP contribution in [0, 0.1) is 0 Å². The summed E-state index contributed by atoms with van der Waals surface area (Å²) in [6, 6.07) is 5.82. The first kappa shape index (κ1) is 12.0. The Morgan fingerprint density at radius 1 is 1.16 bits per heavy atom. The summed E-state index contributed by atoms with van der Waals surface area (Å²) in [5.41, 5.74) is 7.35. The average Bonchev–Trinajstić information content (AvgIpc) is 2.76. The highest BCUT2D eigenvalue weighted by molar-refractivity contribution is 5.65. The van der Waals surface area contributed by atoms with E-state index in [1.165, 1.54) is 6.39 Å². The van der Waals surface area contributed by atoms with Gasteiger partial charge in [0.25, 0.3) is 0 Å².